The van der Waals surface area contributed by atoms with E-state index in [-0.39, 0.29) is 22.9 Å². The van der Waals surface area contributed by atoms with Crippen molar-refractivity contribution < 1.29 is 13.9 Å². The Morgan fingerprint density at radius 1 is 1.03 bits per heavy atom. The predicted molar refractivity (Wildman–Crippen MR) is 122 cm³/mol. The van der Waals surface area contributed by atoms with E-state index in [9.17, 15) is 13.9 Å². The minimum atomic E-state index is -2.72. The number of nitrogens with zero attached hydrogens (tertiary/aromatic N) is 7. The molecule has 0 atom stereocenters. The molecule has 0 bridgehead atoms. The number of nitrogens with one attached hydrogen (secondary N) is 1. The fourth-order valence-corrected chi connectivity index (χ4v) is 5.09. The van der Waals surface area contributed by atoms with Crippen molar-refractivity contribution >= 4 is 11.2 Å². The van der Waals surface area contributed by atoms with Crippen molar-refractivity contribution in [2.45, 2.75) is 64.2 Å². The largest absolute Gasteiger partial charge is 0.507 e. The summed E-state index contributed by atoms with van der Waals surface area (Å²) in [5.74, 6) is -0.0507. The molecule has 2 N–H and O–H groups in total. The molecule has 0 radical (unpaired) electrons. The van der Waals surface area contributed by atoms with E-state index in [2.05, 4.69) is 58.6 Å². The third kappa shape index (κ3) is 4.11. The summed E-state index contributed by atoms with van der Waals surface area (Å²) in [6.45, 7) is 5.98. The smallest absolute Gasteiger partial charge is 0.333 e. The minimum absolute atomic E-state index is 0.0507. The number of piperidine rings is 1. The van der Waals surface area contributed by atoms with Gasteiger partial charge in [0.25, 0.3) is 0 Å². The molecule has 4 heterocycles. The standard InChI is InChI=1S/C23H26F2N8O/c1-22(2)9-15(10-23(3,4)30-22)33-20-18(28-31-33)8-17(27-29-20)16-6-5-13(7-19(16)34)14-11-26-32(12-14)21(24)25/h5-8,11-12,15,21,30,34H,9-10H2,1-4H3. The van der Waals surface area contributed by atoms with Crippen LogP contribution in [0.1, 0.15) is 53.1 Å². The summed E-state index contributed by atoms with van der Waals surface area (Å²) in [7, 11) is 0. The number of hydrogen-bond acceptors (Lipinski definition) is 7. The highest BCUT2D eigenvalue weighted by Crippen LogP contribution is 2.37. The molecule has 1 fully saturated rings. The lowest BCUT2D eigenvalue weighted by molar-refractivity contribution is 0.0566. The van der Waals surface area contributed by atoms with Crippen LogP contribution < -0.4 is 5.32 Å². The van der Waals surface area contributed by atoms with Gasteiger partial charge in [-0.05, 0) is 64.3 Å². The lowest BCUT2D eigenvalue weighted by Gasteiger charge is -2.46. The minimum Gasteiger partial charge on any atom is -0.507 e. The van der Waals surface area contributed by atoms with Crippen molar-refractivity contribution in [2.75, 3.05) is 0 Å². The highest BCUT2D eigenvalue weighted by atomic mass is 19.3. The Labute approximate surface area is 194 Å². The highest BCUT2D eigenvalue weighted by molar-refractivity contribution is 5.79. The molecule has 0 spiro atoms. The van der Waals surface area contributed by atoms with E-state index in [1.54, 1.807) is 18.2 Å². The van der Waals surface area contributed by atoms with Crippen LogP contribution in [0.15, 0.2) is 36.7 Å². The summed E-state index contributed by atoms with van der Waals surface area (Å²) in [5.41, 5.74) is 2.99. The number of phenols is 1. The average molecular weight is 469 g/mol. The van der Waals surface area contributed by atoms with Crippen LogP contribution in [0.5, 0.6) is 5.75 Å². The zero-order valence-corrected chi connectivity index (χ0v) is 19.4. The molecule has 0 aliphatic carbocycles. The molecule has 3 aromatic heterocycles. The van der Waals surface area contributed by atoms with Gasteiger partial charge in [-0.3, -0.25) is 0 Å². The molecule has 0 saturated carbocycles. The maximum Gasteiger partial charge on any atom is 0.333 e. The molecule has 11 heteroatoms. The quantitative estimate of drug-likeness (QED) is 0.459. The van der Waals surface area contributed by atoms with Crippen LogP contribution in [-0.2, 0) is 0 Å². The lowest BCUT2D eigenvalue weighted by atomic mass is 9.80. The monoisotopic (exact) mass is 468 g/mol. The molecule has 1 aliphatic heterocycles. The van der Waals surface area contributed by atoms with Gasteiger partial charge >= 0.3 is 6.55 Å². The number of fused-ring (bicyclic) bond motifs is 1. The van der Waals surface area contributed by atoms with Crippen molar-refractivity contribution in [1.29, 1.82) is 0 Å². The Bertz CT molecular complexity index is 1340. The predicted octanol–water partition coefficient (Wildman–Crippen LogP) is 4.33. The Hall–Kier alpha value is -3.47. The van der Waals surface area contributed by atoms with E-state index in [0.29, 0.717) is 38.2 Å². The van der Waals surface area contributed by atoms with Gasteiger partial charge in [-0.25, -0.2) is 9.36 Å². The first-order valence-corrected chi connectivity index (χ1v) is 11.1. The summed E-state index contributed by atoms with van der Waals surface area (Å²) in [6, 6.07) is 6.74. The maximum absolute atomic E-state index is 12.8. The molecule has 9 nitrogen and oxygen atoms in total. The Morgan fingerprint density at radius 3 is 2.41 bits per heavy atom. The van der Waals surface area contributed by atoms with Crippen LogP contribution >= 0.6 is 0 Å². The van der Waals surface area contributed by atoms with Gasteiger partial charge in [0.05, 0.1) is 17.9 Å². The van der Waals surface area contributed by atoms with E-state index >= 15 is 0 Å². The van der Waals surface area contributed by atoms with E-state index in [1.165, 1.54) is 18.5 Å². The first-order chi connectivity index (χ1) is 16.0. The SMILES string of the molecule is CC1(C)CC(n2nnc3cc(-c4ccc(-c5cnn(C(F)F)c5)cc4O)nnc32)CC(C)(C)N1. The summed E-state index contributed by atoms with van der Waals surface area (Å²) in [5, 5.41) is 35.3. The van der Waals surface area contributed by atoms with Gasteiger partial charge < -0.3 is 10.4 Å². The van der Waals surface area contributed by atoms with Gasteiger partial charge in [0.1, 0.15) is 11.3 Å². The van der Waals surface area contributed by atoms with Crippen molar-refractivity contribution in [3.63, 3.8) is 0 Å². The second-order valence-electron chi connectivity index (χ2n) is 10.1. The van der Waals surface area contributed by atoms with E-state index in [0.717, 1.165) is 12.8 Å². The third-order valence-electron chi connectivity index (χ3n) is 6.14. The van der Waals surface area contributed by atoms with Gasteiger partial charge in [0.2, 0.25) is 5.65 Å². The topological polar surface area (TPSA) is 107 Å². The molecule has 5 rings (SSSR count). The first-order valence-electron chi connectivity index (χ1n) is 11.1. The number of alkyl halides is 2. The number of hydrogen-bond donors (Lipinski definition) is 2. The molecule has 0 unspecified atom stereocenters. The number of phenolic OH excluding ortho intramolecular Hbond substituents is 1. The Balaban J connectivity index is 1.45. The highest BCUT2D eigenvalue weighted by Gasteiger charge is 2.39. The number of benzene rings is 1. The molecule has 0 amide bonds. The summed E-state index contributed by atoms with van der Waals surface area (Å²) < 4.78 is 28.0. The molecule has 1 aromatic carbocycles. The van der Waals surface area contributed by atoms with E-state index < -0.39 is 6.55 Å². The molecule has 4 aromatic rings. The number of halogens is 2. The fraction of sp³-hybridized carbons (Fsp3) is 0.435. The second-order valence-corrected chi connectivity index (χ2v) is 10.1. The van der Waals surface area contributed by atoms with Crippen LogP contribution in [0.2, 0.25) is 0 Å². The van der Waals surface area contributed by atoms with Crippen molar-refractivity contribution in [3.05, 3.63) is 36.7 Å². The maximum atomic E-state index is 12.8. The summed E-state index contributed by atoms with van der Waals surface area (Å²) in [6.07, 6.45) is 4.31. The second kappa shape index (κ2) is 7.79. The van der Waals surface area contributed by atoms with E-state index in [1.807, 2.05) is 4.68 Å². The van der Waals surface area contributed by atoms with Gasteiger partial charge in [0, 0.05) is 28.4 Å². The molecule has 1 aliphatic rings. The number of aromatic hydroxyl groups is 1. The third-order valence-corrected chi connectivity index (χ3v) is 6.14. The van der Waals surface area contributed by atoms with Gasteiger partial charge in [-0.1, -0.05) is 11.3 Å². The van der Waals surface area contributed by atoms with Crippen LogP contribution in [0.25, 0.3) is 33.5 Å². The molecule has 1 saturated heterocycles. The van der Waals surface area contributed by atoms with Gasteiger partial charge in [0.15, 0.2) is 0 Å². The normalized spacial score (nSPS) is 18.1. The Morgan fingerprint density at radius 2 is 1.76 bits per heavy atom. The van der Waals surface area contributed by atoms with Gasteiger partial charge in [-0.2, -0.15) is 13.9 Å². The van der Waals surface area contributed by atoms with Crippen molar-refractivity contribution in [2.24, 2.45) is 0 Å². The zero-order valence-electron chi connectivity index (χ0n) is 19.4. The van der Waals surface area contributed by atoms with Crippen LogP contribution in [0.3, 0.4) is 0 Å². The lowest BCUT2D eigenvalue weighted by Crippen LogP contribution is -2.58. The van der Waals surface area contributed by atoms with Gasteiger partial charge in [-0.15, -0.1) is 15.3 Å². The molecular formula is C23H26F2N8O. The summed E-state index contributed by atoms with van der Waals surface area (Å²) >= 11 is 0. The number of rotatable bonds is 4. The molecule has 34 heavy (non-hydrogen) atoms. The fourth-order valence-electron chi connectivity index (χ4n) is 5.09. The average Bonchev–Trinajstić information content (AvgIpc) is 3.38. The van der Waals surface area contributed by atoms with E-state index in [4.69, 9.17) is 0 Å². The molecular weight excluding hydrogens is 442 g/mol. The molecule has 178 valence electrons. The first kappa shape index (κ1) is 22.3. The zero-order chi connectivity index (χ0) is 24.3. The van der Waals surface area contributed by atoms with Crippen molar-refractivity contribution in [3.8, 4) is 28.1 Å². The van der Waals surface area contributed by atoms with Crippen molar-refractivity contribution in [1.82, 2.24) is 40.3 Å². The van der Waals surface area contributed by atoms with Crippen LogP contribution in [-0.4, -0.2) is 51.2 Å². The summed E-state index contributed by atoms with van der Waals surface area (Å²) in [4.78, 5) is 0. The van der Waals surface area contributed by atoms with Crippen LogP contribution in [0, 0.1) is 0 Å². The Kier molecular flexibility index (Phi) is 5.12. The number of aromatic nitrogens is 7. The van der Waals surface area contributed by atoms with Crippen LogP contribution in [0.4, 0.5) is 8.78 Å².